The second-order valence-corrected chi connectivity index (χ2v) is 5.48. The minimum absolute atomic E-state index is 0. The van der Waals surface area contributed by atoms with Crippen LogP contribution in [0.15, 0.2) is 18.2 Å². The Morgan fingerprint density at radius 3 is 2.70 bits per heavy atom. The zero-order valence-corrected chi connectivity index (χ0v) is 13.6. The molecule has 0 bridgehead atoms. The highest BCUT2D eigenvalue weighted by molar-refractivity contribution is 6.42. The van der Waals surface area contributed by atoms with Gasteiger partial charge < -0.3 is 22.5 Å². The van der Waals surface area contributed by atoms with E-state index in [-0.39, 0.29) is 12.4 Å². The van der Waals surface area contributed by atoms with Gasteiger partial charge in [-0.2, -0.15) is 0 Å². The fraction of sp³-hybridized carbons (Fsp3) is 0.571. The molecule has 2 rings (SSSR count). The first-order chi connectivity index (χ1) is 9.27. The zero-order valence-electron chi connectivity index (χ0n) is 11.4. The molecule has 0 spiro atoms. The molecule has 0 aliphatic carbocycles. The maximum atomic E-state index is 6.13. The van der Waals surface area contributed by atoms with Gasteiger partial charge >= 0.3 is 0 Å². The van der Waals surface area contributed by atoms with Gasteiger partial charge in [0.2, 0.25) is 0 Å². The van der Waals surface area contributed by atoms with Crippen molar-refractivity contribution >= 4 is 23.2 Å². The van der Waals surface area contributed by atoms with E-state index in [1.165, 1.54) is 0 Å². The monoisotopic (exact) mass is 337 g/mol. The smallest absolute Gasteiger partial charge is 0.0637 e. The van der Waals surface area contributed by atoms with E-state index in [1.807, 2.05) is 18.2 Å². The highest BCUT2D eigenvalue weighted by Crippen LogP contribution is 2.25. The van der Waals surface area contributed by atoms with Crippen LogP contribution in [0.1, 0.15) is 12.0 Å². The van der Waals surface area contributed by atoms with Crippen molar-refractivity contribution in [3.63, 3.8) is 0 Å². The lowest BCUT2D eigenvalue weighted by molar-refractivity contribution is -0.00000528. The first kappa shape index (κ1) is 18.0. The summed E-state index contributed by atoms with van der Waals surface area (Å²) >= 11 is 12.1. The minimum atomic E-state index is 0. The highest BCUT2D eigenvalue weighted by atomic mass is 35.5. The normalized spacial score (nSPS) is 15.9. The largest absolute Gasteiger partial charge is 1.00 e. The van der Waals surface area contributed by atoms with Gasteiger partial charge in [-0.3, -0.25) is 4.90 Å². The SMILES string of the molecule is Clc1cccc(CNCCCN2CCOCC2)c1Cl.[Cl-]. The first-order valence-corrected chi connectivity index (χ1v) is 7.46. The van der Waals surface area contributed by atoms with E-state index in [0.717, 1.165) is 57.9 Å². The number of halogens is 3. The van der Waals surface area contributed by atoms with E-state index >= 15 is 0 Å². The molecule has 1 aliphatic rings. The number of nitrogens with one attached hydrogen (secondary N) is 1. The number of ether oxygens (including phenoxy) is 1. The Hall–Kier alpha value is -0.0300. The number of benzene rings is 1. The Morgan fingerprint density at radius 1 is 1.20 bits per heavy atom. The summed E-state index contributed by atoms with van der Waals surface area (Å²) in [4.78, 5) is 2.44. The van der Waals surface area contributed by atoms with E-state index in [9.17, 15) is 0 Å². The number of nitrogens with zero attached hydrogens (tertiary/aromatic N) is 1. The van der Waals surface area contributed by atoms with Crippen LogP contribution in [0.4, 0.5) is 0 Å². The standard InChI is InChI=1S/C14H20Cl2N2O.ClH/c15-13-4-1-3-12(14(13)16)11-17-5-2-6-18-7-9-19-10-8-18;/h1,3-4,17H,2,5-11H2;1H/p-1. The van der Waals surface area contributed by atoms with Crippen LogP contribution in [-0.2, 0) is 11.3 Å². The van der Waals surface area contributed by atoms with E-state index in [2.05, 4.69) is 10.2 Å². The molecule has 0 atom stereocenters. The van der Waals surface area contributed by atoms with Gasteiger partial charge in [0, 0.05) is 19.6 Å². The molecule has 1 aromatic rings. The number of morpholine rings is 1. The van der Waals surface area contributed by atoms with Gasteiger partial charge in [0.25, 0.3) is 0 Å². The molecule has 114 valence electrons. The van der Waals surface area contributed by atoms with Crippen LogP contribution in [0.25, 0.3) is 0 Å². The van der Waals surface area contributed by atoms with Crippen molar-refractivity contribution < 1.29 is 17.1 Å². The molecule has 1 N–H and O–H groups in total. The Morgan fingerprint density at radius 2 is 1.95 bits per heavy atom. The molecule has 0 aromatic heterocycles. The fourth-order valence-corrected chi connectivity index (χ4v) is 2.55. The van der Waals surface area contributed by atoms with Crippen LogP contribution < -0.4 is 17.7 Å². The lowest BCUT2D eigenvalue weighted by Crippen LogP contribution is -3.00. The Bertz CT molecular complexity index is 398. The topological polar surface area (TPSA) is 24.5 Å². The highest BCUT2D eigenvalue weighted by Gasteiger charge is 2.09. The molecule has 1 fully saturated rings. The van der Waals surface area contributed by atoms with Gasteiger partial charge in [0.05, 0.1) is 23.3 Å². The van der Waals surface area contributed by atoms with Crippen LogP contribution in [0.5, 0.6) is 0 Å². The van der Waals surface area contributed by atoms with E-state index in [4.69, 9.17) is 27.9 Å². The van der Waals surface area contributed by atoms with Gasteiger partial charge in [-0.05, 0) is 31.1 Å². The van der Waals surface area contributed by atoms with Crippen molar-refractivity contribution in [1.82, 2.24) is 10.2 Å². The van der Waals surface area contributed by atoms with Gasteiger partial charge in [-0.15, -0.1) is 0 Å². The predicted octanol–water partition coefficient (Wildman–Crippen LogP) is -0.191. The maximum Gasteiger partial charge on any atom is 0.0637 e. The van der Waals surface area contributed by atoms with E-state index in [1.54, 1.807) is 0 Å². The van der Waals surface area contributed by atoms with Gasteiger partial charge in [-0.25, -0.2) is 0 Å². The third-order valence-electron chi connectivity index (χ3n) is 3.28. The quantitative estimate of drug-likeness (QED) is 0.728. The molecular weight excluding hydrogens is 319 g/mol. The van der Waals surface area contributed by atoms with Crippen molar-refractivity contribution in [2.75, 3.05) is 39.4 Å². The predicted molar refractivity (Wildman–Crippen MR) is 80.0 cm³/mol. The number of rotatable bonds is 6. The van der Waals surface area contributed by atoms with Crippen LogP contribution in [0.2, 0.25) is 10.0 Å². The molecule has 20 heavy (non-hydrogen) atoms. The van der Waals surface area contributed by atoms with Crippen molar-refractivity contribution in [3.8, 4) is 0 Å². The van der Waals surface area contributed by atoms with Gasteiger partial charge in [-0.1, -0.05) is 35.3 Å². The molecule has 0 amide bonds. The first-order valence-electron chi connectivity index (χ1n) is 6.71. The summed E-state index contributed by atoms with van der Waals surface area (Å²) in [6.07, 6.45) is 1.14. The molecule has 0 unspecified atom stereocenters. The summed E-state index contributed by atoms with van der Waals surface area (Å²) in [5, 5.41) is 4.69. The van der Waals surface area contributed by atoms with Crippen LogP contribution in [0, 0.1) is 0 Å². The molecule has 3 nitrogen and oxygen atoms in total. The fourth-order valence-electron chi connectivity index (χ4n) is 2.16. The zero-order chi connectivity index (χ0) is 13.5. The second kappa shape index (κ2) is 9.82. The Labute approximate surface area is 137 Å². The summed E-state index contributed by atoms with van der Waals surface area (Å²) in [6, 6.07) is 5.74. The van der Waals surface area contributed by atoms with E-state index in [0.29, 0.717) is 10.0 Å². The number of hydrogen-bond donors (Lipinski definition) is 1. The maximum absolute atomic E-state index is 6.13. The summed E-state index contributed by atoms with van der Waals surface area (Å²) < 4.78 is 5.32. The van der Waals surface area contributed by atoms with Gasteiger partial charge in [0.1, 0.15) is 0 Å². The van der Waals surface area contributed by atoms with E-state index < -0.39 is 0 Å². The van der Waals surface area contributed by atoms with Crippen LogP contribution in [0.3, 0.4) is 0 Å². The number of hydrogen-bond acceptors (Lipinski definition) is 3. The van der Waals surface area contributed by atoms with Crippen molar-refractivity contribution in [1.29, 1.82) is 0 Å². The van der Waals surface area contributed by atoms with Crippen LogP contribution in [-0.4, -0.2) is 44.3 Å². The molecule has 0 radical (unpaired) electrons. The Kier molecular flexibility index (Phi) is 8.85. The van der Waals surface area contributed by atoms with Gasteiger partial charge in [0.15, 0.2) is 0 Å². The average Bonchev–Trinajstić information content (AvgIpc) is 2.44. The molecule has 1 aromatic carbocycles. The molecule has 1 aliphatic heterocycles. The molecular formula is C14H20Cl3N2O-. The lowest BCUT2D eigenvalue weighted by Gasteiger charge is -2.26. The summed E-state index contributed by atoms with van der Waals surface area (Å²) in [5.41, 5.74) is 1.06. The minimum Gasteiger partial charge on any atom is -1.00 e. The summed E-state index contributed by atoms with van der Waals surface area (Å²) in [6.45, 7) is 6.72. The Balaban J connectivity index is 0.00000200. The molecule has 6 heteroatoms. The summed E-state index contributed by atoms with van der Waals surface area (Å²) in [7, 11) is 0. The third kappa shape index (κ3) is 5.76. The average molecular weight is 339 g/mol. The van der Waals surface area contributed by atoms with Crippen molar-refractivity contribution in [2.24, 2.45) is 0 Å². The van der Waals surface area contributed by atoms with Crippen LogP contribution >= 0.6 is 23.2 Å². The summed E-state index contributed by atoms with van der Waals surface area (Å²) in [5.74, 6) is 0. The lowest BCUT2D eigenvalue weighted by atomic mass is 10.2. The van der Waals surface area contributed by atoms with Crippen molar-refractivity contribution in [3.05, 3.63) is 33.8 Å². The molecule has 1 saturated heterocycles. The molecule has 0 saturated carbocycles. The van der Waals surface area contributed by atoms with Crippen molar-refractivity contribution in [2.45, 2.75) is 13.0 Å². The second-order valence-electron chi connectivity index (χ2n) is 4.70. The molecule has 1 heterocycles. The third-order valence-corrected chi connectivity index (χ3v) is 4.14.